The number of fused-ring (bicyclic) bond motifs is 5. The summed E-state index contributed by atoms with van der Waals surface area (Å²) in [5.41, 5.74) is 3.06. The SMILES string of the molecule is C.CC(C)CCC[C@@H](C)C1CCC2C3CC=C4C[C@@H](C)CC[C@]4(C)C3CC[C@@]21C. The fourth-order valence-electron chi connectivity index (χ4n) is 8.87. The molecule has 4 unspecified atom stereocenters. The Bertz CT molecular complexity index is 585. The zero-order chi connectivity index (χ0) is 20.1. The molecule has 0 N–H and O–H groups in total. The first-order valence-corrected chi connectivity index (χ1v) is 12.9. The first kappa shape index (κ1) is 23.4. The van der Waals surface area contributed by atoms with Gasteiger partial charge in [-0.05, 0) is 104 Å². The Morgan fingerprint density at radius 3 is 2.45 bits per heavy atom. The molecule has 3 saturated carbocycles. The van der Waals surface area contributed by atoms with Crippen molar-refractivity contribution in [3.63, 3.8) is 0 Å². The van der Waals surface area contributed by atoms with Crippen LogP contribution < -0.4 is 0 Å². The average Bonchev–Trinajstić information content (AvgIpc) is 2.99. The van der Waals surface area contributed by atoms with Gasteiger partial charge in [-0.1, -0.05) is 79.9 Å². The van der Waals surface area contributed by atoms with Crippen molar-refractivity contribution < 1.29 is 0 Å². The molecule has 4 aliphatic rings. The van der Waals surface area contributed by atoms with Crippen LogP contribution in [0.4, 0.5) is 0 Å². The molecule has 0 nitrogen and oxygen atoms in total. The lowest BCUT2D eigenvalue weighted by Gasteiger charge is -2.58. The summed E-state index contributed by atoms with van der Waals surface area (Å²) in [6, 6.07) is 0. The molecule has 8 atom stereocenters. The van der Waals surface area contributed by atoms with Crippen LogP contribution >= 0.6 is 0 Å². The van der Waals surface area contributed by atoms with E-state index in [1.807, 2.05) is 5.57 Å². The highest BCUT2D eigenvalue weighted by molar-refractivity contribution is 5.25. The molecule has 4 rings (SSSR count). The zero-order valence-corrected chi connectivity index (χ0v) is 19.9. The van der Waals surface area contributed by atoms with Crippen LogP contribution in [0, 0.1) is 52.3 Å². The largest absolute Gasteiger partial charge is 0.0845 e. The van der Waals surface area contributed by atoms with Gasteiger partial charge in [0.15, 0.2) is 0 Å². The quantitative estimate of drug-likeness (QED) is 0.403. The first-order valence-electron chi connectivity index (χ1n) is 12.9. The molecule has 0 spiro atoms. The van der Waals surface area contributed by atoms with Gasteiger partial charge in [0, 0.05) is 0 Å². The summed E-state index contributed by atoms with van der Waals surface area (Å²) >= 11 is 0. The van der Waals surface area contributed by atoms with Crippen molar-refractivity contribution in [3.8, 4) is 0 Å². The summed E-state index contributed by atoms with van der Waals surface area (Å²) in [6.07, 6.45) is 19.0. The van der Waals surface area contributed by atoms with Gasteiger partial charge in [-0.3, -0.25) is 0 Å². The van der Waals surface area contributed by atoms with E-state index in [1.54, 1.807) is 0 Å². The van der Waals surface area contributed by atoms with Crippen LogP contribution in [-0.2, 0) is 0 Å². The van der Waals surface area contributed by atoms with Crippen molar-refractivity contribution in [1.82, 2.24) is 0 Å². The minimum atomic E-state index is 0. The van der Waals surface area contributed by atoms with E-state index in [0.29, 0.717) is 10.8 Å². The van der Waals surface area contributed by atoms with E-state index < -0.39 is 0 Å². The monoisotopic (exact) mass is 400 g/mol. The molecule has 0 aromatic heterocycles. The molecule has 0 aromatic rings. The highest BCUT2D eigenvalue weighted by atomic mass is 14.6. The Morgan fingerprint density at radius 2 is 1.72 bits per heavy atom. The van der Waals surface area contributed by atoms with E-state index >= 15 is 0 Å². The molecule has 0 amide bonds. The summed E-state index contributed by atoms with van der Waals surface area (Å²) in [5.74, 6) is 6.73. The lowest BCUT2D eigenvalue weighted by molar-refractivity contribution is -0.0523. The Hall–Kier alpha value is -0.260. The first-order chi connectivity index (χ1) is 13.3. The molecule has 168 valence electrons. The summed E-state index contributed by atoms with van der Waals surface area (Å²) in [7, 11) is 0. The fourth-order valence-corrected chi connectivity index (χ4v) is 8.87. The molecule has 0 aromatic carbocycles. The van der Waals surface area contributed by atoms with Gasteiger partial charge in [0.25, 0.3) is 0 Å². The van der Waals surface area contributed by atoms with Gasteiger partial charge in [-0.25, -0.2) is 0 Å². The second-order valence-corrected chi connectivity index (χ2v) is 12.6. The van der Waals surface area contributed by atoms with Crippen molar-refractivity contribution >= 4 is 0 Å². The smallest absolute Gasteiger partial charge is 0.00851 e. The van der Waals surface area contributed by atoms with Gasteiger partial charge < -0.3 is 0 Å². The van der Waals surface area contributed by atoms with Gasteiger partial charge in [-0.15, -0.1) is 0 Å². The Labute approximate surface area is 183 Å². The van der Waals surface area contributed by atoms with Crippen molar-refractivity contribution in [2.45, 2.75) is 120 Å². The van der Waals surface area contributed by atoms with Crippen molar-refractivity contribution in [2.24, 2.45) is 52.3 Å². The number of allylic oxidation sites excluding steroid dienone is 2. The van der Waals surface area contributed by atoms with Gasteiger partial charge in [-0.2, -0.15) is 0 Å². The van der Waals surface area contributed by atoms with Crippen molar-refractivity contribution in [3.05, 3.63) is 11.6 Å². The van der Waals surface area contributed by atoms with Crippen LogP contribution in [0.25, 0.3) is 0 Å². The summed E-state index contributed by atoms with van der Waals surface area (Å²) in [6.45, 7) is 15.3. The van der Waals surface area contributed by atoms with Crippen LogP contribution in [0.1, 0.15) is 120 Å². The van der Waals surface area contributed by atoms with Crippen LogP contribution in [0.5, 0.6) is 0 Å². The lowest BCUT2D eigenvalue weighted by Crippen LogP contribution is -2.50. The van der Waals surface area contributed by atoms with Crippen LogP contribution in [0.2, 0.25) is 0 Å². The van der Waals surface area contributed by atoms with Gasteiger partial charge in [0.2, 0.25) is 0 Å². The third-order valence-corrected chi connectivity index (χ3v) is 10.6. The second-order valence-electron chi connectivity index (χ2n) is 12.6. The maximum absolute atomic E-state index is 2.75. The summed E-state index contributed by atoms with van der Waals surface area (Å²) in [4.78, 5) is 0. The lowest BCUT2D eigenvalue weighted by atomic mass is 9.46. The molecule has 0 heterocycles. The van der Waals surface area contributed by atoms with Crippen LogP contribution in [0.3, 0.4) is 0 Å². The van der Waals surface area contributed by atoms with E-state index in [0.717, 1.165) is 41.4 Å². The minimum Gasteiger partial charge on any atom is -0.0845 e. The van der Waals surface area contributed by atoms with Gasteiger partial charge in [0.05, 0.1) is 0 Å². The molecule has 0 heteroatoms. The number of rotatable bonds is 5. The van der Waals surface area contributed by atoms with E-state index in [1.165, 1.54) is 70.6 Å². The maximum Gasteiger partial charge on any atom is -0.00851 e. The molecular formula is C29H52. The van der Waals surface area contributed by atoms with E-state index in [4.69, 9.17) is 0 Å². The fraction of sp³-hybridized carbons (Fsp3) is 0.931. The summed E-state index contributed by atoms with van der Waals surface area (Å²) < 4.78 is 0. The Balaban J connectivity index is 0.00000240. The second kappa shape index (κ2) is 8.70. The highest BCUT2D eigenvalue weighted by Gasteiger charge is 2.58. The highest BCUT2D eigenvalue weighted by Crippen LogP contribution is 2.67. The molecular weight excluding hydrogens is 348 g/mol. The van der Waals surface area contributed by atoms with Gasteiger partial charge in [0.1, 0.15) is 0 Å². The van der Waals surface area contributed by atoms with Crippen LogP contribution in [-0.4, -0.2) is 0 Å². The van der Waals surface area contributed by atoms with Crippen molar-refractivity contribution in [1.29, 1.82) is 0 Å². The predicted octanol–water partition coefficient (Wildman–Crippen LogP) is 9.30. The van der Waals surface area contributed by atoms with E-state index in [2.05, 4.69) is 47.6 Å². The van der Waals surface area contributed by atoms with Gasteiger partial charge >= 0.3 is 0 Å². The predicted molar refractivity (Wildman–Crippen MR) is 129 cm³/mol. The number of hydrogen-bond acceptors (Lipinski definition) is 0. The standard InChI is InChI=1S/C28H48.CH4/c1-19(2)8-7-9-21(4)24-12-13-25-23-11-10-22-18-20(3)14-16-27(22,5)26(23)15-17-28(24,25)6;/h10,19-21,23-26H,7-9,11-18H2,1-6H3;1H4/t20-,21+,23?,24?,25?,26?,27-,28+;/m0./s1. The molecule has 29 heavy (non-hydrogen) atoms. The molecule has 0 radical (unpaired) electrons. The molecule has 0 aliphatic heterocycles. The normalized spacial score (nSPS) is 44.9. The third kappa shape index (κ3) is 4.01. The van der Waals surface area contributed by atoms with Crippen LogP contribution in [0.15, 0.2) is 11.6 Å². The molecule has 4 aliphatic carbocycles. The Kier molecular flexibility index (Phi) is 7.02. The summed E-state index contributed by atoms with van der Waals surface area (Å²) in [5, 5.41) is 0. The molecule has 0 saturated heterocycles. The van der Waals surface area contributed by atoms with E-state index in [9.17, 15) is 0 Å². The average molecular weight is 401 g/mol. The minimum absolute atomic E-state index is 0. The molecule has 0 bridgehead atoms. The molecule has 3 fully saturated rings. The third-order valence-electron chi connectivity index (χ3n) is 10.6. The van der Waals surface area contributed by atoms with Crippen molar-refractivity contribution in [2.75, 3.05) is 0 Å². The number of hydrogen-bond donors (Lipinski definition) is 0. The van der Waals surface area contributed by atoms with E-state index in [-0.39, 0.29) is 7.43 Å². The zero-order valence-electron chi connectivity index (χ0n) is 19.9. The maximum atomic E-state index is 2.75. The topological polar surface area (TPSA) is 0 Å². The Morgan fingerprint density at radius 1 is 0.966 bits per heavy atom.